The molecule has 0 aromatic carbocycles. The van der Waals surface area contributed by atoms with Crippen molar-refractivity contribution < 1.29 is 5.11 Å². The van der Waals surface area contributed by atoms with Crippen LogP contribution in [0.25, 0.3) is 0 Å². The zero-order chi connectivity index (χ0) is 8.55. The molecule has 1 aromatic rings. The van der Waals surface area contributed by atoms with Gasteiger partial charge < -0.3 is 5.11 Å². The van der Waals surface area contributed by atoms with Crippen LogP contribution < -0.4 is 0 Å². The molecule has 1 aliphatic rings. The van der Waals surface area contributed by atoms with Gasteiger partial charge >= 0.3 is 0 Å². The Morgan fingerprint density at radius 3 is 2.92 bits per heavy atom. The van der Waals surface area contributed by atoms with Crippen molar-refractivity contribution in [2.24, 2.45) is 0 Å². The summed E-state index contributed by atoms with van der Waals surface area (Å²) in [4.78, 5) is 0. The molecule has 2 rings (SSSR count). The summed E-state index contributed by atoms with van der Waals surface area (Å²) in [5.74, 6) is 0. The zero-order valence-corrected chi connectivity index (χ0v) is 7.30. The summed E-state index contributed by atoms with van der Waals surface area (Å²) in [6, 6.07) is 0. The van der Waals surface area contributed by atoms with Crippen LogP contribution >= 0.6 is 0 Å². The highest BCUT2D eigenvalue weighted by Gasteiger charge is 2.18. The van der Waals surface area contributed by atoms with E-state index in [9.17, 15) is 5.11 Å². The van der Waals surface area contributed by atoms with E-state index in [1.165, 1.54) is 24.1 Å². The molecule has 0 spiro atoms. The summed E-state index contributed by atoms with van der Waals surface area (Å²) >= 11 is 0. The van der Waals surface area contributed by atoms with E-state index in [1.807, 2.05) is 0 Å². The number of aliphatic hydroxyl groups excluding tert-OH is 1. The van der Waals surface area contributed by atoms with E-state index in [0.29, 0.717) is 0 Å². The van der Waals surface area contributed by atoms with Gasteiger partial charge in [-0.15, -0.1) is 0 Å². The van der Waals surface area contributed by atoms with Crippen molar-refractivity contribution in [1.82, 2.24) is 10.2 Å². The number of aromatic nitrogens is 2. The van der Waals surface area contributed by atoms with E-state index >= 15 is 0 Å². The van der Waals surface area contributed by atoms with Gasteiger partial charge in [0, 0.05) is 5.69 Å². The molecule has 1 atom stereocenters. The summed E-state index contributed by atoms with van der Waals surface area (Å²) in [5.41, 5.74) is 3.35. The van der Waals surface area contributed by atoms with Crippen molar-refractivity contribution in [3.8, 4) is 0 Å². The first-order valence-electron chi connectivity index (χ1n) is 4.53. The lowest BCUT2D eigenvalue weighted by Gasteiger charge is -2.11. The second kappa shape index (κ2) is 2.90. The van der Waals surface area contributed by atoms with Gasteiger partial charge in [0.2, 0.25) is 0 Å². The average Bonchev–Trinajstić information content (AvgIpc) is 2.47. The lowest BCUT2D eigenvalue weighted by atomic mass is 9.95. The van der Waals surface area contributed by atoms with Gasteiger partial charge in [-0.25, -0.2) is 0 Å². The van der Waals surface area contributed by atoms with Crippen LogP contribution in [0.1, 0.15) is 42.8 Å². The third kappa shape index (κ3) is 1.14. The lowest BCUT2D eigenvalue weighted by Crippen LogP contribution is -2.04. The van der Waals surface area contributed by atoms with Crippen molar-refractivity contribution in [2.75, 3.05) is 0 Å². The smallest absolute Gasteiger partial charge is 0.0953 e. The Morgan fingerprint density at radius 2 is 2.17 bits per heavy atom. The summed E-state index contributed by atoms with van der Waals surface area (Å²) in [6.45, 7) is 1.77. The Morgan fingerprint density at radius 1 is 1.42 bits per heavy atom. The molecule has 1 aromatic heterocycles. The van der Waals surface area contributed by atoms with Crippen molar-refractivity contribution >= 4 is 0 Å². The lowest BCUT2D eigenvalue weighted by molar-refractivity contribution is 0.193. The number of aryl methyl sites for hydroxylation is 1. The minimum atomic E-state index is -0.428. The molecule has 3 nitrogen and oxygen atoms in total. The third-order valence-corrected chi connectivity index (χ3v) is 2.48. The van der Waals surface area contributed by atoms with Gasteiger partial charge in [-0.2, -0.15) is 5.10 Å². The van der Waals surface area contributed by atoms with Gasteiger partial charge in [0.1, 0.15) is 0 Å². The van der Waals surface area contributed by atoms with Crippen molar-refractivity contribution in [3.63, 3.8) is 0 Å². The minimum Gasteiger partial charge on any atom is -0.387 e. The van der Waals surface area contributed by atoms with Gasteiger partial charge in [0.15, 0.2) is 0 Å². The first kappa shape index (κ1) is 7.80. The Labute approximate surface area is 71.8 Å². The summed E-state index contributed by atoms with van der Waals surface area (Å²) in [5, 5.41) is 16.5. The van der Waals surface area contributed by atoms with Crippen molar-refractivity contribution in [3.05, 3.63) is 17.0 Å². The largest absolute Gasteiger partial charge is 0.387 e. The molecular formula is C9H14N2O. The molecule has 2 N–H and O–H groups in total. The first-order chi connectivity index (χ1) is 5.79. The molecule has 1 unspecified atom stereocenters. The fourth-order valence-electron chi connectivity index (χ4n) is 1.85. The number of H-pyrrole nitrogens is 1. The number of nitrogens with zero attached hydrogens (tertiary/aromatic N) is 1. The fraction of sp³-hybridized carbons (Fsp3) is 0.667. The number of aliphatic hydroxyl groups is 1. The molecular weight excluding hydrogens is 152 g/mol. The van der Waals surface area contributed by atoms with Crippen LogP contribution in [-0.4, -0.2) is 15.3 Å². The Hall–Kier alpha value is -0.830. The standard InChI is InChI=1S/C9H14N2O/c1-6(12)9-7-4-2-3-5-8(7)10-11-9/h6,12H,2-5H2,1H3,(H,10,11). The molecule has 12 heavy (non-hydrogen) atoms. The molecule has 0 amide bonds. The zero-order valence-electron chi connectivity index (χ0n) is 7.30. The monoisotopic (exact) mass is 166 g/mol. The highest BCUT2D eigenvalue weighted by molar-refractivity contribution is 5.28. The van der Waals surface area contributed by atoms with E-state index in [0.717, 1.165) is 18.5 Å². The summed E-state index contributed by atoms with van der Waals surface area (Å²) < 4.78 is 0. The van der Waals surface area contributed by atoms with Crippen LogP contribution in [0, 0.1) is 0 Å². The summed E-state index contributed by atoms with van der Waals surface area (Å²) in [6.07, 6.45) is 4.21. The second-order valence-corrected chi connectivity index (χ2v) is 3.45. The van der Waals surface area contributed by atoms with Crippen LogP contribution in [0.5, 0.6) is 0 Å². The quantitative estimate of drug-likeness (QED) is 0.661. The highest BCUT2D eigenvalue weighted by Crippen LogP contribution is 2.25. The van der Waals surface area contributed by atoms with E-state index in [-0.39, 0.29) is 0 Å². The molecule has 1 aliphatic carbocycles. The SMILES string of the molecule is CC(O)c1n[nH]c2c1CCCC2. The molecule has 0 saturated heterocycles. The highest BCUT2D eigenvalue weighted by atomic mass is 16.3. The molecule has 3 heteroatoms. The van der Waals surface area contributed by atoms with E-state index in [4.69, 9.17) is 0 Å². The number of fused-ring (bicyclic) bond motifs is 1. The number of rotatable bonds is 1. The molecule has 0 saturated carbocycles. The average molecular weight is 166 g/mol. The maximum atomic E-state index is 9.39. The normalized spacial score (nSPS) is 18.8. The Bertz CT molecular complexity index is 278. The predicted octanol–water partition coefficient (Wildman–Crippen LogP) is 1.34. The van der Waals surface area contributed by atoms with Gasteiger partial charge in [-0.05, 0) is 38.2 Å². The topological polar surface area (TPSA) is 48.9 Å². The van der Waals surface area contributed by atoms with Gasteiger partial charge in [-0.1, -0.05) is 0 Å². The van der Waals surface area contributed by atoms with E-state index in [1.54, 1.807) is 6.92 Å². The van der Waals surface area contributed by atoms with E-state index < -0.39 is 6.10 Å². The van der Waals surface area contributed by atoms with E-state index in [2.05, 4.69) is 10.2 Å². The molecule has 0 aliphatic heterocycles. The van der Waals surface area contributed by atoms with Gasteiger partial charge in [0.25, 0.3) is 0 Å². The fourth-order valence-corrected chi connectivity index (χ4v) is 1.85. The van der Waals surface area contributed by atoms with Crippen LogP contribution in [-0.2, 0) is 12.8 Å². The van der Waals surface area contributed by atoms with Crippen LogP contribution in [0.4, 0.5) is 0 Å². The molecule has 0 fully saturated rings. The second-order valence-electron chi connectivity index (χ2n) is 3.45. The van der Waals surface area contributed by atoms with Crippen LogP contribution in [0.15, 0.2) is 0 Å². The number of nitrogens with one attached hydrogen (secondary N) is 1. The first-order valence-corrected chi connectivity index (χ1v) is 4.53. The van der Waals surface area contributed by atoms with Crippen LogP contribution in [0.3, 0.4) is 0 Å². The van der Waals surface area contributed by atoms with Crippen molar-refractivity contribution in [2.45, 2.75) is 38.7 Å². The minimum absolute atomic E-state index is 0.428. The van der Waals surface area contributed by atoms with Gasteiger partial charge in [0.05, 0.1) is 11.8 Å². The molecule has 0 radical (unpaired) electrons. The van der Waals surface area contributed by atoms with Crippen LogP contribution in [0.2, 0.25) is 0 Å². The Balaban J connectivity index is 2.38. The summed E-state index contributed by atoms with van der Waals surface area (Å²) in [7, 11) is 0. The number of hydrogen-bond donors (Lipinski definition) is 2. The molecule has 66 valence electrons. The third-order valence-electron chi connectivity index (χ3n) is 2.48. The molecule has 1 heterocycles. The molecule has 0 bridgehead atoms. The number of aromatic amines is 1. The maximum absolute atomic E-state index is 9.39. The Kier molecular flexibility index (Phi) is 1.89. The van der Waals surface area contributed by atoms with Gasteiger partial charge in [-0.3, -0.25) is 5.10 Å². The van der Waals surface area contributed by atoms with Crippen molar-refractivity contribution in [1.29, 1.82) is 0 Å². The predicted molar refractivity (Wildman–Crippen MR) is 45.9 cm³/mol. The number of hydrogen-bond acceptors (Lipinski definition) is 2. The maximum Gasteiger partial charge on any atom is 0.0953 e.